The summed E-state index contributed by atoms with van der Waals surface area (Å²) in [6.45, 7) is 3.62. The van der Waals surface area contributed by atoms with Crippen LogP contribution in [-0.4, -0.2) is 37.6 Å². The van der Waals surface area contributed by atoms with Crippen LogP contribution >= 0.6 is 0 Å². The Morgan fingerprint density at radius 3 is 2.32 bits per heavy atom. The molecule has 25 heavy (non-hydrogen) atoms. The summed E-state index contributed by atoms with van der Waals surface area (Å²) in [4.78, 5) is 28.3. The van der Waals surface area contributed by atoms with Gasteiger partial charge < -0.3 is 20.1 Å². The standard InChI is InChI=1S/C18H21N3O4/c1-11-7-13(8-12(2)19-11)18(23)20-14-5-6-15(16(9-14)25-4)21-17(22)10-24-3/h5-9H,10H2,1-4H3,(H,20,23)(H,21,22). The van der Waals surface area contributed by atoms with Crippen molar-refractivity contribution in [3.63, 3.8) is 0 Å². The average Bonchev–Trinajstić information content (AvgIpc) is 2.55. The van der Waals surface area contributed by atoms with E-state index in [1.165, 1.54) is 14.2 Å². The number of rotatable bonds is 6. The van der Waals surface area contributed by atoms with Gasteiger partial charge in [0, 0.05) is 35.8 Å². The largest absolute Gasteiger partial charge is 0.494 e. The maximum Gasteiger partial charge on any atom is 0.255 e. The summed E-state index contributed by atoms with van der Waals surface area (Å²) in [7, 11) is 2.93. The van der Waals surface area contributed by atoms with Crippen molar-refractivity contribution in [2.24, 2.45) is 0 Å². The van der Waals surface area contributed by atoms with Gasteiger partial charge in [-0.05, 0) is 38.1 Å². The minimum atomic E-state index is -0.291. The Hall–Kier alpha value is -2.93. The summed E-state index contributed by atoms with van der Waals surface area (Å²) in [5.41, 5.74) is 3.14. The van der Waals surface area contributed by atoms with Crippen molar-refractivity contribution in [3.8, 4) is 5.75 Å². The lowest BCUT2D eigenvalue weighted by Gasteiger charge is -2.13. The zero-order chi connectivity index (χ0) is 18.4. The number of ether oxygens (including phenoxy) is 2. The minimum Gasteiger partial charge on any atom is -0.494 e. The molecule has 0 radical (unpaired) electrons. The van der Waals surface area contributed by atoms with Crippen LogP contribution in [0, 0.1) is 13.8 Å². The van der Waals surface area contributed by atoms with Crippen molar-refractivity contribution in [3.05, 3.63) is 47.3 Å². The van der Waals surface area contributed by atoms with Crippen LogP contribution in [0.15, 0.2) is 30.3 Å². The van der Waals surface area contributed by atoms with Gasteiger partial charge in [-0.25, -0.2) is 0 Å². The molecule has 132 valence electrons. The number of hydrogen-bond donors (Lipinski definition) is 2. The first-order chi connectivity index (χ1) is 11.9. The molecule has 0 aliphatic heterocycles. The first-order valence-electron chi connectivity index (χ1n) is 7.66. The Balaban J connectivity index is 2.17. The molecule has 0 bridgehead atoms. The van der Waals surface area contributed by atoms with E-state index in [-0.39, 0.29) is 18.4 Å². The molecule has 0 saturated heterocycles. The topological polar surface area (TPSA) is 89.6 Å². The smallest absolute Gasteiger partial charge is 0.255 e. The van der Waals surface area contributed by atoms with Gasteiger partial charge in [0.15, 0.2) is 0 Å². The average molecular weight is 343 g/mol. The molecule has 0 unspecified atom stereocenters. The van der Waals surface area contributed by atoms with Crippen molar-refractivity contribution in [2.45, 2.75) is 13.8 Å². The fourth-order valence-corrected chi connectivity index (χ4v) is 2.36. The number of anilines is 2. The molecule has 2 N–H and O–H groups in total. The number of nitrogens with zero attached hydrogens (tertiary/aromatic N) is 1. The van der Waals surface area contributed by atoms with E-state index in [0.29, 0.717) is 22.7 Å². The fraction of sp³-hybridized carbons (Fsp3) is 0.278. The highest BCUT2D eigenvalue weighted by Crippen LogP contribution is 2.28. The normalized spacial score (nSPS) is 10.2. The predicted molar refractivity (Wildman–Crippen MR) is 95.2 cm³/mol. The van der Waals surface area contributed by atoms with Crippen LogP contribution in [0.3, 0.4) is 0 Å². The molecular weight excluding hydrogens is 322 g/mol. The number of nitrogens with one attached hydrogen (secondary N) is 2. The number of aryl methyl sites for hydroxylation is 2. The van der Waals surface area contributed by atoms with E-state index in [4.69, 9.17) is 9.47 Å². The highest BCUT2D eigenvalue weighted by atomic mass is 16.5. The van der Waals surface area contributed by atoms with Crippen LogP contribution in [0.5, 0.6) is 5.75 Å². The van der Waals surface area contributed by atoms with Crippen molar-refractivity contribution in [1.82, 2.24) is 4.98 Å². The van der Waals surface area contributed by atoms with E-state index in [9.17, 15) is 9.59 Å². The highest BCUT2D eigenvalue weighted by molar-refractivity contribution is 6.04. The van der Waals surface area contributed by atoms with Gasteiger partial charge in [-0.1, -0.05) is 0 Å². The minimum absolute atomic E-state index is 0.0532. The number of carbonyl (C=O) groups is 2. The number of carbonyl (C=O) groups excluding carboxylic acids is 2. The van der Waals surface area contributed by atoms with Gasteiger partial charge in [0.25, 0.3) is 5.91 Å². The van der Waals surface area contributed by atoms with E-state index in [0.717, 1.165) is 11.4 Å². The van der Waals surface area contributed by atoms with Crippen LogP contribution in [-0.2, 0) is 9.53 Å². The zero-order valence-corrected chi connectivity index (χ0v) is 14.7. The molecule has 0 aliphatic rings. The fourth-order valence-electron chi connectivity index (χ4n) is 2.36. The number of aromatic nitrogens is 1. The molecule has 1 aromatic carbocycles. The monoisotopic (exact) mass is 343 g/mol. The predicted octanol–water partition coefficient (Wildman–Crippen LogP) is 2.54. The molecule has 0 atom stereocenters. The van der Waals surface area contributed by atoms with E-state index in [2.05, 4.69) is 15.6 Å². The maximum atomic E-state index is 12.4. The summed E-state index contributed by atoms with van der Waals surface area (Å²) in [5, 5.41) is 5.49. The third-order valence-corrected chi connectivity index (χ3v) is 3.35. The third kappa shape index (κ3) is 5.02. The lowest BCUT2D eigenvalue weighted by atomic mass is 10.1. The quantitative estimate of drug-likeness (QED) is 0.841. The Bertz CT molecular complexity index is 770. The van der Waals surface area contributed by atoms with Gasteiger partial charge in [0.1, 0.15) is 12.4 Å². The number of hydrogen-bond acceptors (Lipinski definition) is 5. The lowest BCUT2D eigenvalue weighted by molar-refractivity contribution is -0.119. The van der Waals surface area contributed by atoms with E-state index < -0.39 is 0 Å². The SMILES string of the molecule is COCC(=O)Nc1ccc(NC(=O)c2cc(C)nc(C)c2)cc1OC. The highest BCUT2D eigenvalue weighted by Gasteiger charge is 2.12. The molecular formula is C18H21N3O4. The number of amides is 2. The molecule has 2 aromatic rings. The number of pyridine rings is 1. The molecule has 0 aliphatic carbocycles. The van der Waals surface area contributed by atoms with Crippen LogP contribution in [0.2, 0.25) is 0 Å². The van der Waals surface area contributed by atoms with Crippen LogP contribution < -0.4 is 15.4 Å². The van der Waals surface area contributed by atoms with Crippen molar-refractivity contribution >= 4 is 23.2 Å². The number of benzene rings is 1. The van der Waals surface area contributed by atoms with Crippen LogP contribution in [0.1, 0.15) is 21.7 Å². The molecule has 7 heteroatoms. The number of methoxy groups -OCH3 is 2. The van der Waals surface area contributed by atoms with E-state index in [1.54, 1.807) is 30.3 Å². The Kier molecular flexibility index (Phi) is 6.08. The second-order valence-electron chi connectivity index (χ2n) is 5.49. The van der Waals surface area contributed by atoms with E-state index >= 15 is 0 Å². The van der Waals surface area contributed by atoms with Gasteiger partial charge in [-0.3, -0.25) is 14.6 Å². The second kappa shape index (κ2) is 8.25. The van der Waals surface area contributed by atoms with Gasteiger partial charge in [0.05, 0.1) is 12.8 Å². The maximum absolute atomic E-state index is 12.4. The first-order valence-corrected chi connectivity index (χ1v) is 7.66. The van der Waals surface area contributed by atoms with Crippen molar-refractivity contribution in [1.29, 1.82) is 0 Å². The van der Waals surface area contributed by atoms with Gasteiger partial charge in [-0.2, -0.15) is 0 Å². The molecule has 7 nitrogen and oxygen atoms in total. The Morgan fingerprint density at radius 1 is 1.04 bits per heavy atom. The molecule has 2 rings (SSSR count). The van der Waals surface area contributed by atoms with Crippen molar-refractivity contribution < 1.29 is 19.1 Å². The summed E-state index contributed by atoms with van der Waals surface area (Å²) in [5.74, 6) is -0.100. The van der Waals surface area contributed by atoms with Crippen LogP contribution in [0.4, 0.5) is 11.4 Å². The lowest BCUT2D eigenvalue weighted by Crippen LogP contribution is -2.18. The molecule has 1 aromatic heterocycles. The molecule has 2 amide bonds. The Labute approximate surface area is 146 Å². The summed E-state index contributed by atoms with van der Waals surface area (Å²) in [6.07, 6.45) is 0. The summed E-state index contributed by atoms with van der Waals surface area (Å²) < 4.78 is 10.1. The molecule has 0 fully saturated rings. The van der Waals surface area contributed by atoms with Crippen LogP contribution in [0.25, 0.3) is 0 Å². The molecule has 1 heterocycles. The molecule has 0 spiro atoms. The van der Waals surface area contributed by atoms with Gasteiger partial charge in [0.2, 0.25) is 5.91 Å². The van der Waals surface area contributed by atoms with Gasteiger partial charge >= 0.3 is 0 Å². The molecule has 0 saturated carbocycles. The van der Waals surface area contributed by atoms with Crippen molar-refractivity contribution in [2.75, 3.05) is 31.5 Å². The van der Waals surface area contributed by atoms with Gasteiger partial charge in [-0.15, -0.1) is 0 Å². The zero-order valence-electron chi connectivity index (χ0n) is 14.7. The summed E-state index contributed by atoms with van der Waals surface area (Å²) in [6, 6.07) is 8.42. The Morgan fingerprint density at radius 2 is 1.72 bits per heavy atom. The third-order valence-electron chi connectivity index (χ3n) is 3.35. The second-order valence-corrected chi connectivity index (χ2v) is 5.49. The van der Waals surface area contributed by atoms with E-state index in [1.807, 2.05) is 13.8 Å². The summed E-state index contributed by atoms with van der Waals surface area (Å²) >= 11 is 0. The first kappa shape index (κ1) is 18.4.